The van der Waals surface area contributed by atoms with Crippen molar-refractivity contribution in [3.05, 3.63) is 35.4 Å². The predicted molar refractivity (Wildman–Crippen MR) is 75.5 cm³/mol. The standard InChI is InChI=1S/C16H24N2/c1-2-6-10-18(11-7-3-1)16-13-17-12-14-8-4-5-9-15(14)16/h4-5,8-9,16-17H,1-3,6-7,10-13H2. The van der Waals surface area contributed by atoms with E-state index in [4.69, 9.17) is 0 Å². The van der Waals surface area contributed by atoms with Crippen molar-refractivity contribution in [3.8, 4) is 0 Å². The van der Waals surface area contributed by atoms with Gasteiger partial charge in [-0.05, 0) is 37.1 Å². The van der Waals surface area contributed by atoms with E-state index < -0.39 is 0 Å². The zero-order valence-electron chi connectivity index (χ0n) is 11.2. The maximum Gasteiger partial charge on any atom is 0.0476 e. The maximum absolute atomic E-state index is 3.58. The molecule has 1 fully saturated rings. The van der Waals surface area contributed by atoms with Gasteiger partial charge >= 0.3 is 0 Å². The Morgan fingerprint density at radius 2 is 1.67 bits per heavy atom. The molecule has 0 radical (unpaired) electrons. The lowest BCUT2D eigenvalue weighted by molar-refractivity contribution is 0.169. The van der Waals surface area contributed by atoms with Crippen molar-refractivity contribution in [2.45, 2.75) is 44.7 Å². The quantitative estimate of drug-likeness (QED) is 0.816. The zero-order chi connectivity index (χ0) is 12.2. The van der Waals surface area contributed by atoms with E-state index in [1.807, 2.05) is 0 Å². The van der Waals surface area contributed by atoms with Crippen molar-refractivity contribution >= 4 is 0 Å². The van der Waals surface area contributed by atoms with Crippen molar-refractivity contribution in [2.24, 2.45) is 0 Å². The molecule has 98 valence electrons. The third kappa shape index (κ3) is 2.60. The summed E-state index contributed by atoms with van der Waals surface area (Å²) in [5, 5.41) is 3.58. The van der Waals surface area contributed by atoms with E-state index in [1.54, 1.807) is 5.56 Å². The molecule has 1 unspecified atom stereocenters. The molecule has 2 aliphatic rings. The number of nitrogens with one attached hydrogen (secondary N) is 1. The van der Waals surface area contributed by atoms with E-state index in [0.29, 0.717) is 6.04 Å². The van der Waals surface area contributed by atoms with Crippen LogP contribution in [0.15, 0.2) is 24.3 Å². The second kappa shape index (κ2) is 5.85. The Morgan fingerprint density at radius 1 is 0.944 bits per heavy atom. The molecule has 2 aliphatic heterocycles. The van der Waals surface area contributed by atoms with Crippen molar-refractivity contribution < 1.29 is 0 Å². The van der Waals surface area contributed by atoms with E-state index in [2.05, 4.69) is 34.5 Å². The molecule has 0 saturated carbocycles. The van der Waals surface area contributed by atoms with Crippen LogP contribution in [-0.4, -0.2) is 24.5 Å². The summed E-state index contributed by atoms with van der Waals surface area (Å²) in [6.45, 7) is 4.72. The molecule has 1 N–H and O–H groups in total. The molecule has 18 heavy (non-hydrogen) atoms. The Morgan fingerprint density at radius 3 is 2.50 bits per heavy atom. The van der Waals surface area contributed by atoms with E-state index in [0.717, 1.165) is 13.1 Å². The van der Waals surface area contributed by atoms with Gasteiger partial charge in [0.05, 0.1) is 0 Å². The highest BCUT2D eigenvalue weighted by Crippen LogP contribution is 2.28. The zero-order valence-corrected chi connectivity index (χ0v) is 11.2. The molecular weight excluding hydrogens is 220 g/mol. The minimum Gasteiger partial charge on any atom is -0.311 e. The summed E-state index contributed by atoms with van der Waals surface area (Å²) in [6, 6.07) is 9.57. The molecule has 3 rings (SSSR count). The highest BCUT2D eigenvalue weighted by atomic mass is 15.2. The molecule has 1 saturated heterocycles. The fraction of sp³-hybridized carbons (Fsp3) is 0.625. The molecule has 0 aromatic heterocycles. The monoisotopic (exact) mass is 244 g/mol. The first kappa shape index (κ1) is 12.2. The Kier molecular flexibility index (Phi) is 3.96. The normalized spacial score (nSPS) is 26.1. The molecule has 0 amide bonds. The van der Waals surface area contributed by atoms with Crippen LogP contribution in [0, 0.1) is 0 Å². The molecule has 1 aromatic carbocycles. The summed E-state index contributed by atoms with van der Waals surface area (Å²) in [7, 11) is 0. The van der Waals surface area contributed by atoms with Gasteiger partial charge in [-0.25, -0.2) is 0 Å². The van der Waals surface area contributed by atoms with Crippen LogP contribution < -0.4 is 5.32 Å². The summed E-state index contributed by atoms with van der Waals surface area (Å²) in [5.74, 6) is 0. The molecule has 0 spiro atoms. The van der Waals surface area contributed by atoms with Gasteiger partial charge < -0.3 is 5.32 Å². The van der Waals surface area contributed by atoms with Crippen molar-refractivity contribution in [1.29, 1.82) is 0 Å². The van der Waals surface area contributed by atoms with Crippen LogP contribution >= 0.6 is 0 Å². The second-order valence-electron chi connectivity index (χ2n) is 5.65. The predicted octanol–water partition coefficient (Wildman–Crippen LogP) is 3.10. The molecule has 0 aliphatic carbocycles. The molecule has 2 heteroatoms. The smallest absolute Gasteiger partial charge is 0.0476 e. The average Bonchev–Trinajstić information content (AvgIpc) is 2.38. The molecule has 1 aromatic rings. The van der Waals surface area contributed by atoms with Crippen LogP contribution in [0.5, 0.6) is 0 Å². The summed E-state index contributed by atoms with van der Waals surface area (Å²) < 4.78 is 0. The first-order valence-electron chi connectivity index (χ1n) is 7.48. The number of hydrogen-bond donors (Lipinski definition) is 1. The van der Waals surface area contributed by atoms with Crippen molar-refractivity contribution in [1.82, 2.24) is 10.2 Å². The lowest BCUT2D eigenvalue weighted by Crippen LogP contribution is -2.41. The first-order chi connectivity index (χ1) is 8.95. The number of hydrogen-bond acceptors (Lipinski definition) is 2. The topological polar surface area (TPSA) is 15.3 Å². The molecular formula is C16H24N2. The molecule has 2 heterocycles. The average molecular weight is 244 g/mol. The van der Waals surface area contributed by atoms with Gasteiger partial charge in [-0.3, -0.25) is 4.90 Å². The third-order valence-electron chi connectivity index (χ3n) is 4.40. The van der Waals surface area contributed by atoms with Crippen LogP contribution in [0.3, 0.4) is 0 Å². The first-order valence-corrected chi connectivity index (χ1v) is 7.48. The number of rotatable bonds is 1. The third-order valence-corrected chi connectivity index (χ3v) is 4.40. The van der Waals surface area contributed by atoms with Gasteiger partial charge in [0, 0.05) is 19.1 Å². The van der Waals surface area contributed by atoms with Gasteiger partial charge in [0.25, 0.3) is 0 Å². The van der Waals surface area contributed by atoms with Crippen molar-refractivity contribution in [3.63, 3.8) is 0 Å². The summed E-state index contributed by atoms with van der Waals surface area (Å²) in [6.07, 6.45) is 7.02. The fourth-order valence-electron chi connectivity index (χ4n) is 3.38. The maximum atomic E-state index is 3.58. The number of benzene rings is 1. The SMILES string of the molecule is c1ccc2c(c1)CNCC2N1CCCCCCC1. The van der Waals surface area contributed by atoms with Gasteiger partial charge in [0.1, 0.15) is 0 Å². The Bertz CT molecular complexity index is 380. The van der Waals surface area contributed by atoms with Gasteiger partial charge in [0.15, 0.2) is 0 Å². The minimum absolute atomic E-state index is 0.605. The highest BCUT2D eigenvalue weighted by Gasteiger charge is 2.25. The van der Waals surface area contributed by atoms with Crippen LogP contribution in [0.4, 0.5) is 0 Å². The number of nitrogens with zero attached hydrogens (tertiary/aromatic N) is 1. The summed E-state index contributed by atoms with van der Waals surface area (Å²) in [5.41, 5.74) is 3.06. The number of likely N-dealkylation sites (tertiary alicyclic amines) is 1. The van der Waals surface area contributed by atoms with Crippen molar-refractivity contribution in [2.75, 3.05) is 19.6 Å². The Labute approximate surface area is 110 Å². The summed E-state index contributed by atoms with van der Waals surface area (Å²) in [4.78, 5) is 2.71. The second-order valence-corrected chi connectivity index (χ2v) is 5.65. The molecule has 2 nitrogen and oxygen atoms in total. The van der Waals surface area contributed by atoms with E-state index in [-0.39, 0.29) is 0 Å². The van der Waals surface area contributed by atoms with Crippen LogP contribution in [0.2, 0.25) is 0 Å². The summed E-state index contributed by atoms with van der Waals surface area (Å²) >= 11 is 0. The lowest BCUT2D eigenvalue weighted by atomic mass is 9.94. The van der Waals surface area contributed by atoms with Gasteiger partial charge in [0.2, 0.25) is 0 Å². The number of fused-ring (bicyclic) bond motifs is 1. The van der Waals surface area contributed by atoms with Crippen LogP contribution in [-0.2, 0) is 6.54 Å². The lowest BCUT2D eigenvalue weighted by Gasteiger charge is -2.37. The Hall–Kier alpha value is -0.860. The van der Waals surface area contributed by atoms with Gasteiger partial charge in [-0.15, -0.1) is 0 Å². The van der Waals surface area contributed by atoms with Crippen LogP contribution in [0.25, 0.3) is 0 Å². The minimum atomic E-state index is 0.605. The van der Waals surface area contributed by atoms with E-state index in [1.165, 1.54) is 50.8 Å². The molecule has 0 bridgehead atoms. The Balaban J connectivity index is 1.79. The van der Waals surface area contributed by atoms with Gasteiger partial charge in [-0.1, -0.05) is 43.5 Å². The van der Waals surface area contributed by atoms with Crippen LogP contribution in [0.1, 0.15) is 49.3 Å². The fourth-order valence-corrected chi connectivity index (χ4v) is 3.38. The largest absolute Gasteiger partial charge is 0.311 e. The van der Waals surface area contributed by atoms with E-state index >= 15 is 0 Å². The van der Waals surface area contributed by atoms with Gasteiger partial charge in [-0.2, -0.15) is 0 Å². The highest BCUT2D eigenvalue weighted by molar-refractivity contribution is 5.32. The van der Waals surface area contributed by atoms with E-state index in [9.17, 15) is 0 Å². The molecule has 1 atom stereocenters.